The Morgan fingerprint density at radius 2 is 1.67 bits per heavy atom. The van der Waals surface area contributed by atoms with Crippen LogP contribution in [0.3, 0.4) is 0 Å². The van der Waals surface area contributed by atoms with E-state index in [1.165, 1.54) is 5.56 Å². The maximum absolute atomic E-state index is 12.8. The number of aryl methyl sites for hydroxylation is 2. The van der Waals surface area contributed by atoms with Gasteiger partial charge < -0.3 is 15.0 Å². The second-order valence-corrected chi connectivity index (χ2v) is 7.54. The van der Waals surface area contributed by atoms with Crippen LogP contribution in [0, 0.1) is 13.8 Å². The molecule has 0 bridgehead atoms. The highest BCUT2D eigenvalue weighted by molar-refractivity contribution is 6.06. The number of nitrogens with one attached hydrogen (secondary N) is 1. The van der Waals surface area contributed by atoms with Gasteiger partial charge in [-0.1, -0.05) is 36.4 Å². The highest BCUT2D eigenvalue weighted by atomic mass is 16.5. The normalized spacial score (nSPS) is 12.4. The number of hydrogen-bond acceptors (Lipinski definition) is 3. The third kappa shape index (κ3) is 4.20. The highest BCUT2D eigenvalue weighted by Crippen LogP contribution is 2.28. The van der Waals surface area contributed by atoms with Crippen molar-refractivity contribution >= 4 is 23.2 Å². The van der Waals surface area contributed by atoms with E-state index >= 15 is 0 Å². The Labute approximate surface area is 176 Å². The maximum atomic E-state index is 12.8. The summed E-state index contributed by atoms with van der Waals surface area (Å²) in [6.07, 6.45) is 0.844. The van der Waals surface area contributed by atoms with Gasteiger partial charge in [-0.2, -0.15) is 0 Å². The van der Waals surface area contributed by atoms with E-state index < -0.39 is 0 Å². The molecule has 0 aliphatic carbocycles. The molecule has 0 saturated carbocycles. The molecule has 0 unspecified atom stereocenters. The number of nitrogens with zero attached hydrogens (tertiary/aromatic N) is 1. The molecular formula is C25H24N2O3. The molecule has 0 saturated heterocycles. The van der Waals surface area contributed by atoms with Crippen LogP contribution >= 0.6 is 0 Å². The molecule has 4 rings (SSSR count). The van der Waals surface area contributed by atoms with E-state index in [0.29, 0.717) is 17.9 Å². The van der Waals surface area contributed by atoms with Crippen molar-refractivity contribution in [3.8, 4) is 5.75 Å². The van der Waals surface area contributed by atoms with E-state index in [9.17, 15) is 9.59 Å². The van der Waals surface area contributed by atoms with E-state index in [2.05, 4.69) is 11.4 Å². The quantitative estimate of drug-likeness (QED) is 0.685. The van der Waals surface area contributed by atoms with Crippen LogP contribution in [0.2, 0.25) is 0 Å². The van der Waals surface area contributed by atoms with Crippen LogP contribution in [0.25, 0.3) is 0 Å². The van der Waals surface area contributed by atoms with Gasteiger partial charge >= 0.3 is 0 Å². The van der Waals surface area contributed by atoms with Crippen molar-refractivity contribution in [2.45, 2.75) is 20.3 Å². The van der Waals surface area contributed by atoms with Crippen molar-refractivity contribution in [3.63, 3.8) is 0 Å². The third-order valence-corrected chi connectivity index (χ3v) is 5.15. The van der Waals surface area contributed by atoms with Gasteiger partial charge in [-0.05, 0) is 67.3 Å². The van der Waals surface area contributed by atoms with Gasteiger partial charge in [0.15, 0.2) is 6.61 Å². The number of rotatable bonds is 5. The lowest BCUT2D eigenvalue weighted by Gasteiger charge is -2.18. The summed E-state index contributed by atoms with van der Waals surface area (Å²) in [5.74, 6) is -0.000700. The van der Waals surface area contributed by atoms with Crippen LogP contribution in [-0.2, 0) is 11.2 Å². The molecule has 0 spiro atoms. The number of carbonyl (C=O) groups is 2. The minimum absolute atomic E-state index is 0.121. The molecule has 3 aromatic rings. The first-order valence-corrected chi connectivity index (χ1v) is 10.0. The van der Waals surface area contributed by atoms with Crippen LogP contribution in [0.15, 0.2) is 66.7 Å². The molecule has 30 heavy (non-hydrogen) atoms. The predicted molar refractivity (Wildman–Crippen MR) is 118 cm³/mol. The summed E-state index contributed by atoms with van der Waals surface area (Å²) in [6, 6.07) is 20.8. The Hall–Kier alpha value is -3.60. The lowest BCUT2D eigenvalue weighted by Crippen LogP contribution is -2.33. The number of benzene rings is 3. The summed E-state index contributed by atoms with van der Waals surface area (Å²) >= 11 is 0. The minimum Gasteiger partial charge on any atom is -0.483 e. The molecule has 0 fully saturated rings. The maximum Gasteiger partial charge on any atom is 0.264 e. The SMILES string of the molecule is Cc1cc(C)cc(NC(=O)c2ccccc2OCC(=O)N2CCc3ccccc32)c1. The smallest absolute Gasteiger partial charge is 0.264 e. The lowest BCUT2D eigenvalue weighted by molar-refractivity contribution is -0.120. The van der Waals surface area contributed by atoms with Gasteiger partial charge in [0.2, 0.25) is 0 Å². The highest BCUT2D eigenvalue weighted by Gasteiger charge is 2.24. The van der Waals surface area contributed by atoms with Gasteiger partial charge in [-0.3, -0.25) is 9.59 Å². The minimum atomic E-state index is -0.269. The fourth-order valence-corrected chi connectivity index (χ4v) is 3.84. The van der Waals surface area contributed by atoms with Crippen LogP contribution in [0.1, 0.15) is 27.0 Å². The van der Waals surface area contributed by atoms with Crippen LogP contribution in [-0.4, -0.2) is 25.0 Å². The molecule has 0 aromatic heterocycles. The van der Waals surface area contributed by atoms with Crippen molar-refractivity contribution < 1.29 is 14.3 Å². The summed E-state index contributed by atoms with van der Waals surface area (Å²) in [4.78, 5) is 27.3. The molecule has 0 atom stereocenters. The second kappa shape index (κ2) is 8.41. The lowest BCUT2D eigenvalue weighted by atomic mass is 10.1. The summed E-state index contributed by atoms with van der Waals surface area (Å²) < 4.78 is 5.78. The van der Waals surface area contributed by atoms with Gasteiger partial charge in [0.25, 0.3) is 11.8 Å². The first-order chi connectivity index (χ1) is 14.5. The van der Waals surface area contributed by atoms with Crippen molar-refractivity contribution in [3.05, 3.63) is 89.0 Å². The van der Waals surface area contributed by atoms with Gasteiger partial charge in [-0.25, -0.2) is 0 Å². The molecule has 152 valence electrons. The largest absolute Gasteiger partial charge is 0.483 e. The van der Waals surface area contributed by atoms with E-state index in [-0.39, 0.29) is 18.4 Å². The van der Waals surface area contributed by atoms with Gasteiger partial charge in [0, 0.05) is 17.9 Å². The van der Waals surface area contributed by atoms with Gasteiger partial charge in [-0.15, -0.1) is 0 Å². The van der Waals surface area contributed by atoms with Crippen molar-refractivity contribution in [1.82, 2.24) is 0 Å². The van der Waals surface area contributed by atoms with Gasteiger partial charge in [0.05, 0.1) is 5.56 Å². The van der Waals surface area contributed by atoms with E-state index in [1.807, 2.05) is 50.2 Å². The Morgan fingerprint density at radius 1 is 0.967 bits per heavy atom. The Bertz CT molecular complexity index is 1090. The fraction of sp³-hybridized carbons (Fsp3) is 0.200. The Morgan fingerprint density at radius 3 is 2.47 bits per heavy atom. The van der Waals surface area contributed by atoms with E-state index in [4.69, 9.17) is 4.74 Å². The topological polar surface area (TPSA) is 58.6 Å². The number of hydrogen-bond donors (Lipinski definition) is 1. The Balaban J connectivity index is 1.46. The number of fused-ring (bicyclic) bond motifs is 1. The third-order valence-electron chi connectivity index (χ3n) is 5.15. The number of anilines is 2. The molecule has 1 heterocycles. The molecule has 0 radical (unpaired) electrons. The molecule has 5 heteroatoms. The first-order valence-electron chi connectivity index (χ1n) is 10.0. The summed E-state index contributed by atoms with van der Waals surface area (Å²) in [5.41, 5.74) is 5.38. The zero-order valence-electron chi connectivity index (χ0n) is 17.1. The van der Waals surface area contributed by atoms with Crippen molar-refractivity contribution in [1.29, 1.82) is 0 Å². The first kappa shape index (κ1) is 19.7. The second-order valence-electron chi connectivity index (χ2n) is 7.54. The number of ether oxygens (including phenoxy) is 1. The number of amides is 2. The summed E-state index contributed by atoms with van der Waals surface area (Å²) in [7, 11) is 0. The molecule has 2 amide bonds. The van der Waals surface area contributed by atoms with E-state index in [1.54, 1.807) is 29.2 Å². The summed E-state index contributed by atoms with van der Waals surface area (Å²) in [5, 5.41) is 2.92. The van der Waals surface area contributed by atoms with Crippen LogP contribution < -0.4 is 15.0 Å². The zero-order chi connectivity index (χ0) is 21.1. The molecule has 1 N–H and O–H groups in total. The average molecular weight is 400 g/mol. The number of para-hydroxylation sites is 2. The molecule has 3 aromatic carbocycles. The van der Waals surface area contributed by atoms with Crippen LogP contribution in [0.5, 0.6) is 5.75 Å². The molecule has 1 aliphatic rings. The average Bonchev–Trinajstić information content (AvgIpc) is 3.16. The van der Waals surface area contributed by atoms with Crippen LogP contribution in [0.4, 0.5) is 11.4 Å². The molecular weight excluding hydrogens is 376 g/mol. The summed E-state index contributed by atoms with van der Waals surface area (Å²) in [6.45, 7) is 4.50. The van der Waals surface area contributed by atoms with Gasteiger partial charge in [0.1, 0.15) is 5.75 Å². The molecule has 5 nitrogen and oxygen atoms in total. The zero-order valence-corrected chi connectivity index (χ0v) is 17.1. The predicted octanol–water partition coefficient (Wildman–Crippen LogP) is 4.52. The monoisotopic (exact) mass is 400 g/mol. The fourth-order valence-electron chi connectivity index (χ4n) is 3.84. The van der Waals surface area contributed by atoms with Crippen molar-refractivity contribution in [2.24, 2.45) is 0 Å². The number of carbonyl (C=O) groups excluding carboxylic acids is 2. The Kier molecular flexibility index (Phi) is 5.53. The van der Waals surface area contributed by atoms with E-state index in [0.717, 1.165) is 28.9 Å². The molecule has 1 aliphatic heterocycles. The van der Waals surface area contributed by atoms with Crippen molar-refractivity contribution in [2.75, 3.05) is 23.4 Å². The standard InChI is InChI=1S/C25H24N2O3/c1-17-13-18(2)15-20(14-17)26-25(29)21-8-4-6-10-23(21)30-16-24(28)27-12-11-19-7-3-5-9-22(19)27/h3-10,13-15H,11-12,16H2,1-2H3,(H,26,29).